The highest BCUT2D eigenvalue weighted by atomic mass is 35.5. The molecule has 2 rings (SSSR count). The molecule has 0 radical (unpaired) electrons. The Kier molecular flexibility index (Phi) is 4.22. The second-order valence-corrected chi connectivity index (χ2v) is 5.03. The summed E-state index contributed by atoms with van der Waals surface area (Å²) in [6, 6.07) is 9.65. The number of benzene rings is 1. The van der Waals surface area contributed by atoms with Crippen LogP contribution >= 0.6 is 11.6 Å². The fourth-order valence-corrected chi connectivity index (χ4v) is 2.40. The van der Waals surface area contributed by atoms with Crippen molar-refractivity contribution < 1.29 is 4.79 Å². The Balaban J connectivity index is 1.91. The van der Waals surface area contributed by atoms with Crippen LogP contribution in [-0.2, 0) is 11.2 Å². The largest absolute Gasteiger partial charge is 0.342 e. The van der Waals surface area contributed by atoms with Crippen molar-refractivity contribution in [3.8, 4) is 6.07 Å². The van der Waals surface area contributed by atoms with Gasteiger partial charge >= 0.3 is 0 Å². The number of nitriles is 1. The van der Waals surface area contributed by atoms with Gasteiger partial charge < -0.3 is 4.90 Å². The Morgan fingerprint density at radius 3 is 2.78 bits per heavy atom. The summed E-state index contributed by atoms with van der Waals surface area (Å²) in [7, 11) is 0. The molecule has 0 N–H and O–H groups in total. The smallest absolute Gasteiger partial charge is 0.226 e. The van der Waals surface area contributed by atoms with Gasteiger partial charge in [0.05, 0.1) is 12.5 Å². The third kappa shape index (κ3) is 3.24. The molecule has 94 valence electrons. The molecule has 4 heteroatoms. The molecule has 0 aliphatic carbocycles. The fraction of sp³-hybridized carbons (Fsp3) is 0.429. The molecular weight excluding hydrogens is 248 g/mol. The standard InChI is InChI=1S/C14H15ClN2O/c15-13-3-1-2-12(8-13)9-14(18)17-6-4-11(10-16)5-7-17/h1-3,8,11H,4-7,9H2. The number of likely N-dealkylation sites (tertiary alicyclic amines) is 1. The Hall–Kier alpha value is -1.53. The normalized spacial score (nSPS) is 16.3. The van der Waals surface area contributed by atoms with Crippen molar-refractivity contribution in [2.75, 3.05) is 13.1 Å². The number of carbonyl (C=O) groups is 1. The topological polar surface area (TPSA) is 44.1 Å². The summed E-state index contributed by atoms with van der Waals surface area (Å²) in [6.07, 6.45) is 1.97. The Labute approximate surface area is 112 Å². The highest BCUT2D eigenvalue weighted by Crippen LogP contribution is 2.18. The van der Waals surface area contributed by atoms with Crippen molar-refractivity contribution >= 4 is 17.5 Å². The van der Waals surface area contributed by atoms with Crippen LogP contribution in [0.25, 0.3) is 0 Å². The quantitative estimate of drug-likeness (QED) is 0.822. The lowest BCUT2D eigenvalue weighted by molar-refractivity contribution is -0.131. The number of amides is 1. The zero-order chi connectivity index (χ0) is 13.0. The van der Waals surface area contributed by atoms with Gasteiger partial charge in [-0.05, 0) is 30.5 Å². The van der Waals surface area contributed by atoms with E-state index in [1.54, 1.807) is 6.07 Å². The number of piperidine rings is 1. The first kappa shape index (κ1) is 12.9. The molecule has 0 spiro atoms. The first-order valence-electron chi connectivity index (χ1n) is 6.11. The van der Waals surface area contributed by atoms with E-state index in [0.29, 0.717) is 24.5 Å². The van der Waals surface area contributed by atoms with E-state index in [-0.39, 0.29) is 11.8 Å². The van der Waals surface area contributed by atoms with Crippen molar-refractivity contribution in [2.24, 2.45) is 5.92 Å². The van der Waals surface area contributed by atoms with Gasteiger partial charge in [0.15, 0.2) is 0 Å². The molecule has 18 heavy (non-hydrogen) atoms. The van der Waals surface area contributed by atoms with Gasteiger partial charge in [0.2, 0.25) is 5.91 Å². The second-order valence-electron chi connectivity index (χ2n) is 4.59. The van der Waals surface area contributed by atoms with Crippen LogP contribution < -0.4 is 0 Å². The average Bonchev–Trinajstić information content (AvgIpc) is 2.39. The van der Waals surface area contributed by atoms with Crippen LogP contribution in [0.3, 0.4) is 0 Å². The summed E-state index contributed by atoms with van der Waals surface area (Å²) >= 11 is 5.89. The van der Waals surface area contributed by atoms with Crippen molar-refractivity contribution in [1.29, 1.82) is 5.26 Å². The zero-order valence-corrected chi connectivity index (χ0v) is 10.9. The lowest BCUT2D eigenvalue weighted by Crippen LogP contribution is -2.39. The molecule has 1 amide bonds. The third-order valence-corrected chi connectivity index (χ3v) is 3.51. The van der Waals surface area contributed by atoms with Gasteiger partial charge in [-0.2, -0.15) is 5.26 Å². The third-order valence-electron chi connectivity index (χ3n) is 3.27. The second kappa shape index (κ2) is 5.88. The maximum absolute atomic E-state index is 12.1. The van der Waals surface area contributed by atoms with Crippen molar-refractivity contribution in [3.05, 3.63) is 34.9 Å². The molecule has 1 aliphatic heterocycles. The summed E-state index contributed by atoms with van der Waals surface area (Å²) < 4.78 is 0. The average molecular weight is 263 g/mol. The van der Waals surface area contributed by atoms with Gasteiger partial charge in [0.25, 0.3) is 0 Å². The number of rotatable bonds is 2. The van der Waals surface area contributed by atoms with Gasteiger partial charge in [-0.3, -0.25) is 4.79 Å². The highest BCUT2D eigenvalue weighted by Gasteiger charge is 2.22. The highest BCUT2D eigenvalue weighted by molar-refractivity contribution is 6.30. The van der Waals surface area contributed by atoms with Gasteiger partial charge in [0.1, 0.15) is 0 Å². The minimum atomic E-state index is 0.111. The summed E-state index contributed by atoms with van der Waals surface area (Å²) in [4.78, 5) is 13.9. The van der Waals surface area contributed by atoms with Crippen molar-refractivity contribution in [3.63, 3.8) is 0 Å². The number of hydrogen-bond acceptors (Lipinski definition) is 2. The van der Waals surface area contributed by atoms with Crippen molar-refractivity contribution in [1.82, 2.24) is 4.90 Å². The van der Waals surface area contributed by atoms with Gasteiger partial charge in [-0.15, -0.1) is 0 Å². The summed E-state index contributed by atoms with van der Waals surface area (Å²) in [5, 5.41) is 9.47. The molecule has 0 unspecified atom stereocenters. The first-order chi connectivity index (χ1) is 8.69. The molecule has 1 heterocycles. The maximum Gasteiger partial charge on any atom is 0.226 e. The van der Waals surface area contributed by atoms with Crippen LogP contribution in [0.4, 0.5) is 0 Å². The van der Waals surface area contributed by atoms with E-state index >= 15 is 0 Å². The van der Waals surface area contributed by atoms with Crippen LogP contribution in [0.5, 0.6) is 0 Å². The van der Waals surface area contributed by atoms with Gasteiger partial charge in [0, 0.05) is 24.0 Å². The molecule has 1 aromatic rings. The molecule has 1 saturated heterocycles. The van der Waals surface area contributed by atoms with Crippen LogP contribution in [0, 0.1) is 17.2 Å². The van der Waals surface area contributed by atoms with E-state index in [0.717, 1.165) is 18.4 Å². The minimum Gasteiger partial charge on any atom is -0.342 e. The predicted molar refractivity (Wildman–Crippen MR) is 70.1 cm³/mol. The summed E-state index contributed by atoms with van der Waals surface area (Å²) in [5.41, 5.74) is 0.940. The Bertz CT molecular complexity index is 473. The van der Waals surface area contributed by atoms with E-state index < -0.39 is 0 Å². The molecular formula is C14H15ClN2O. The van der Waals surface area contributed by atoms with Crippen LogP contribution in [-0.4, -0.2) is 23.9 Å². The molecule has 1 aromatic carbocycles. The molecule has 0 aromatic heterocycles. The monoisotopic (exact) mass is 262 g/mol. The predicted octanol–water partition coefficient (Wildman–Crippen LogP) is 2.64. The SMILES string of the molecule is N#CC1CCN(C(=O)Cc2cccc(Cl)c2)CC1. The van der Waals surface area contributed by atoms with E-state index in [1.807, 2.05) is 23.1 Å². The number of halogens is 1. The minimum absolute atomic E-state index is 0.111. The Morgan fingerprint density at radius 1 is 1.44 bits per heavy atom. The molecule has 1 aliphatic rings. The molecule has 0 saturated carbocycles. The number of carbonyl (C=O) groups excluding carboxylic acids is 1. The molecule has 0 bridgehead atoms. The maximum atomic E-state index is 12.1. The van der Waals surface area contributed by atoms with E-state index in [1.165, 1.54) is 0 Å². The first-order valence-corrected chi connectivity index (χ1v) is 6.48. The fourth-order valence-electron chi connectivity index (χ4n) is 2.19. The molecule has 1 fully saturated rings. The van der Waals surface area contributed by atoms with E-state index in [4.69, 9.17) is 16.9 Å². The molecule has 3 nitrogen and oxygen atoms in total. The number of hydrogen-bond donors (Lipinski definition) is 0. The van der Waals surface area contributed by atoms with Crippen LogP contribution in [0.15, 0.2) is 24.3 Å². The van der Waals surface area contributed by atoms with E-state index in [9.17, 15) is 4.79 Å². The molecule has 0 atom stereocenters. The number of nitrogens with zero attached hydrogens (tertiary/aromatic N) is 2. The van der Waals surface area contributed by atoms with Gasteiger partial charge in [-0.25, -0.2) is 0 Å². The zero-order valence-electron chi connectivity index (χ0n) is 10.1. The lowest BCUT2D eigenvalue weighted by atomic mass is 9.98. The van der Waals surface area contributed by atoms with E-state index in [2.05, 4.69) is 6.07 Å². The lowest BCUT2D eigenvalue weighted by Gasteiger charge is -2.29. The summed E-state index contributed by atoms with van der Waals surface area (Å²) in [6.45, 7) is 1.38. The van der Waals surface area contributed by atoms with Gasteiger partial charge in [-0.1, -0.05) is 23.7 Å². The Morgan fingerprint density at radius 2 is 2.17 bits per heavy atom. The van der Waals surface area contributed by atoms with Crippen LogP contribution in [0.2, 0.25) is 5.02 Å². The van der Waals surface area contributed by atoms with Crippen molar-refractivity contribution in [2.45, 2.75) is 19.3 Å². The van der Waals surface area contributed by atoms with Crippen LogP contribution in [0.1, 0.15) is 18.4 Å². The summed E-state index contributed by atoms with van der Waals surface area (Å²) in [5.74, 6) is 0.230.